The summed E-state index contributed by atoms with van der Waals surface area (Å²) in [5.41, 5.74) is 0.751. The normalized spacial score (nSPS) is 20.2. The van der Waals surface area contributed by atoms with Crippen LogP contribution in [-0.2, 0) is 14.6 Å². The molecular formula is C8H10O3S. The van der Waals surface area contributed by atoms with Crippen LogP contribution in [0.15, 0.2) is 23.8 Å². The number of sulfone groups is 1. The zero-order chi connectivity index (χ0) is 9.35. The predicted molar refractivity (Wildman–Crippen MR) is 46.6 cm³/mol. The van der Waals surface area contributed by atoms with Crippen LogP contribution >= 0.6 is 0 Å². The SMILES string of the molecule is C=C(C)C(=O)C1=CCS(=O)(=O)C1. The monoisotopic (exact) mass is 186 g/mol. The summed E-state index contributed by atoms with van der Waals surface area (Å²) in [5.74, 6) is -0.379. The van der Waals surface area contributed by atoms with Crippen LogP contribution in [0.25, 0.3) is 0 Å². The molecule has 0 aromatic carbocycles. The molecule has 0 bridgehead atoms. The Morgan fingerprint density at radius 1 is 1.58 bits per heavy atom. The number of allylic oxidation sites excluding steroid dienone is 1. The molecular weight excluding hydrogens is 176 g/mol. The molecule has 0 radical (unpaired) electrons. The molecule has 4 heteroatoms. The number of carbonyl (C=O) groups is 1. The van der Waals surface area contributed by atoms with E-state index in [-0.39, 0.29) is 17.3 Å². The van der Waals surface area contributed by atoms with Crippen LogP contribution in [0.3, 0.4) is 0 Å². The zero-order valence-electron chi connectivity index (χ0n) is 6.83. The second-order valence-electron chi connectivity index (χ2n) is 2.89. The molecule has 66 valence electrons. The molecule has 3 nitrogen and oxygen atoms in total. The van der Waals surface area contributed by atoms with Crippen molar-refractivity contribution in [2.24, 2.45) is 0 Å². The minimum Gasteiger partial charge on any atom is -0.289 e. The third kappa shape index (κ3) is 1.82. The van der Waals surface area contributed by atoms with Gasteiger partial charge in [0.15, 0.2) is 15.6 Å². The molecule has 0 saturated heterocycles. The third-order valence-electron chi connectivity index (χ3n) is 1.64. The average molecular weight is 186 g/mol. The van der Waals surface area contributed by atoms with E-state index in [1.54, 1.807) is 6.92 Å². The molecule has 1 heterocycles. The van der Waals surface area contributed by atoms with E-state index in [9.17, 15) is 13.2 Å². The lowest BCUT2D eigenvalue weighted by atomic mass is 10.1. The van der Waals surface area contributed by atoms with E-state index >= 15 is 0 Å². The van der Waals surface area contributed by atoms with Gasteiger partial charge in [0.2, 0.25) is 0 Å². The van der Waals surface area contributed by atoms with E-state index < -0.39 is 9.84 Å². The van der Waals surface area contributed by atoms with Gasteiger partial charge in [-0.3, -0.25) is 4.79 Å². The van der Waals surface area contributed by atoms with Crippen LogP contribution in [-0.4, -0.2) is 25.7 Å². The van der Waals surface area contributed by atoms with Crippen LogP contribution in [0.1, 0.15) is 6.92 Å². The van der Waals surface area contributed by atoms with E-state index in [0.29, 0.717) is 11.1 Å². The van der Waals surface area contributed by atoms with Gasteiger partial charge in [-0.1, -0.05) is 12.7 Å². The second-order valence-corrected chi connectivity index (χ2v) is 5.00. The van der Waals surface area contributed by atoms with Gasteiger partial charge in [0.1, 0.15) is 0 Å². The quantitative estimate of drug-likeness (QED) is 0.589. The Morgan fingerprint density at radius 2 is 2.17 bits per heavy atom. The molecule has 1 aliphatic rings. The molecule has 0 N–H and O–H groups in total. The van der Waals surface area contributed by atoms with Gasteiger partial charge in [-0.15, -0.1) is 0 Å². The maximum Gasteiger partial charge on any atom is 0.184 e. The molecule has 1 aliphatic heterocycles. The summed E-state index contributed by atoms with van der Waals surface area (Å²) in [4.78, 5) is 11.2. The van der Waals surface area contributed by atoms with Gasteiger partial charge >= 0.3 is 0 Å². The molecule has 12 heavy (non-hydrogen) atoms. The van der Waals surface area contributed by atoms with Gasteiger partial charge in [0.25, 0.3) is 0 Å². The first-order valence-corrected chi connectivity index (χ1v) is 5.34. The number of Topliss-reactive ketones (excluding diaryl/α,β-unsaturated/α-hetero) is 1. The van der Waals surface area contributed by atoms with Crippen LogP contribution in [0.5, 0.6) is 0 Å². The lowest BCUT2D eigenvalue weighted by Crippen LogP contribution is -2.09. The fourth-order valence-corrected chi connectivity index (χ4v) is 2.31. The van der Waals surface area contributed by atoms with Gasteiger partial charge < -0.3 is 0 Å². The van der Waals surface area contributed by atoms with E-state index in [0.717, 1.165) is 0 Å². The number of rotatable bonds is 2. The Balaban J connectivity index is 2.84. The fourth-order valence-electron chi connectivity index (χ4n) is 1.01. The highest BCUT2D eigenvalue weighted by Crippen LogP contribution is 2.14. The Bertz CT molecular complexity index is 360. The minimum absolute atomic E-state index is 0.0125. The minimum atomic E-state index is -3.03. The fraction of sp³-hybridized carbons (Fsp3) is 0.375. The number of hydrogen-bond acceptors (Lipinski definition) is 3. The standard InChI is InChI=1S/C8H10O3S/c1-6(2)8(9)7-3-4-12(10,11)5-7/h3H,1,4-5H2,2H3. The van der Waals surface area contributed by atoms with Crippen LogP contribution in [0.4, 0.5) is 0 Å². The first-order valence-electron chi connectivity index (χ1n) is 3.52. The summed E-state index contributed by atoms with van der Waals surface area (Å²) >= 11 is 0. The molecule has 0 unspecified atom stereocenters. The van der Waals surface area contributed by atoms with Gasteiger partial charge in [0, 0.05) is 5.57 Å². The van der Waals surface area contributed by atoms with Crippen molar-refractivity contribution in [1.29, 1.82) is 0 Å². The van der Waals surface area contributed by atoms with E-state index in [2.05, 4.69) is 6.58 Å². The Kier molecular flexibility index (Phi) is 2.19. The van der Waals surface area contributed by atoms with Crippen molar-refractivity contribution < 1.29 is 13.2 Å². The van der Waals surface area contributed by atoms with E-state index in [1.807, 2.05) is 0 Å². The maximum atomic E-state index is 11.2. The number of carbonyl (C=O) groups excluding carboxylic acids is 1. The van der Waals surface area contributed by atoms with Crippen molar-refractivity contribution >= 4 is 15.6 Å². The summed E-state index contributed by atoms with van der Waals surface area (Å²) in [6, 6.07) is 0. The lowest BCUT2D eigenvalue weighted by Gasteiger charge is -1.97. The highest BCUT2D eigenvalue weighted by Gasteiger charge is 2.24. The van der Waals surface area contributed by atoms with E-state index in [4.69, 9.17) is 0 Å². The van der Waals surface area contributed by atoms with Crippen molar-refractivity contribution in [2.45, 2.75) is 6.92 Å². The second kappa shape index (κ2) is 2.86. The largest absolute Gasteiger partial charge is 0.289 e. The summed E-state index contributed by atoms with van der Waals surface area (Å²) in [6.45, 7) is 5.04. The maximum absolute atomic E-state index is 11.2. The predicted octanol–water partition coefficient (Wildman–Crippen LogP) is 0.486. The molecule has 0 aliphatic carbocycles. The highest BCUT2D eigenvalue weighted by atomic mass is 32.2. The molecule has 1 rings (SSSR count). The smallest absolute Gasteiger partial charge is 0.184 e. The molecule has 0 aromatic rings. The molecule has 0 amide bonds. The molecule has 0 spiro atoms. The molecule has 0 saturated carbocycles. The van der Waals surface area contributed by atoms with Gasteiger partial charge in [-0.25, -0.2) is 8.42 Å². The average Bonchev–Trinajstić information content (AvgIpc) is 2.28. The van der Waals surface area contributed by atoms with Gasteiger partial charge in [-0.2, -0.15) is 0 Å². The molecule has 0 fully saturated rings. The van der Waals surface area contributed by atoms with Crippen LogP contribution < -0.4 is 0 Å². The lowest BCUT2D eigenvalue weighted by molar-refractivity contribution is -0.112. The van der Waals surface area contributed by atoms with Crippen molar-refractivity contribution in [3.63, 3.8) is 0 Å². The van der Waals surface area contributed by atoms with Crippen LogP contribution in [0.2, 0.25) is 0 Å². The topological polar surface area (TPSA) is 51.2 Å². The van der Waals surface area contributed by atoms with Crippen molar-refractivity contribution in [3.8, 4) is 0 Å². The van der Waals surface area contributed by atoms with Crippen molar-refractivity contribution in [3.05, 3.63) is 23.8 Å². The summed E-state index contributed by atoms with van der Waals surface area (Å²) in [6.07, 6.45) is 1.46. The van der Waals surface area contributed by atoms with Crippen LogP contribution in [0, 0.1) is 0 Å². The Morgan fingerprint density at radius 3 is 2.50 bits per heavy atom. The van der Waals surface area contributed by atoms with Gasteiger partial charge in [0.05, 0.1) is 11.5 Å². The number of ketones is 1. The van der Waals surface area contributed by atoms with Gasteiger partial charge in [-0.05, 0) is 12.5 Å². The highest BCUT2D eigenvalue weighted by molar-refractivity contribution is 7.92. The van der Waals surface area contributed by atoms with Crippen molar-refractivity contribution in [1.82, 2.24) is 0 Å². The van der Waals surface area contributed by atoms with Crippen molar-refractivity contribution in [2.75, 3.05) is 11.5 Å². The Hall–Kier alpha value is -0.900. The first-order chi connectivity index (χ1) is 5.42. The van der Waals surface area contributed by atoms with E-state index in [1.165, 1.54) is 6.08 Å². The summed E-state index contributed by atoms with van der Waals surface area (Å²) < 4.78 is 21.9. The zero-order valence-corrected chi connectivity index (χ0v) is 7.65. The summed E-state index contributed by atoms with van der Waals surface area (Å²) in [5, 5.41) is 0. The Labute approximate surface area is 71.7 Å². The number of hydrogen-bond donors (Lipinski definition) is 0. The third-order valence-corrected chi connectivity index (χ3v) is 3.06. The first kappa shape index (κ1) is 9.19. The molecule has 0 aromatic heterocycles. The summed E-state index contributed by atoms with van der Waals surface area (Å²) in [7, 11) is -3.03. The molecule has 0 atom stereocenters.